The molecule has 1 saturated carbocycles. The van der Waals surface area contributed by atoms with E-state index in [1.54, 1.807) is 12.1 Å². The molecule has 1 aliphatic rings. The van der Waals surface area contributed by atoms with E-state index in [0.29, 0.717) is 11.7 Å². The zero-order valence-corrected chi connectivity index (χ0v) is 10.5. The molecule has 0 unspecified atom stereocenters. The number of hydrogen-bond donors (Lipinski definition) is 2. The minimum Gasteiger partial charge on any atom is -0.508 e. The van der Waals surface area contributed by atoms with Gasteiger partial charge < -0.3 is 10.8 Å². The van der Waals surface area contributed by atoms with Gasteiger partial charge in [-0.2, -0.15) is 0 Å². The van der Waals surface area contributed by atoms with E-state index in [-0.39, 0.29) is 6.04 Å². The normalized spacial score (nSPS) is 18.3. The van der Waals surface area contributed by atoms with Crippen LogP contribution in [0.5, 0.6) is 5.75 Å². The summed E-state index contributed by atoms with van der Waals surface area (Å²) in [5, 5.41) is 11.7. The monoisotopic (exact) mass is 241 g/mol. The van der Waals surface area contributed by atoms with Crippen LogP contribution in [0.4, 0.5) is 0 Å². The van der Waals surface area contributed by atoms with E-state index in [9.17, 15) is 5.11 Å². The summed E-state index contributed by atoms with van der Waals surface area (Å²) in [6.07, 6.45) is 5.16. The minimum atomic E-state index is 0.158. The molecular weight excluding hydrogens is 222 g/mol. The Labute approximate surface area is 107 Å². The Kier molecular flexibility index (Phi) is 2.96. The topological polar surface area (TPSA) is 46.2 Å². The second-order valence-corrected chi connectivity index (χ2v) is 5.36. The van der Waals surface area contributed by atoms with E-state index >= 15 is 0 Å². The van der Waals surface area contributed by atoms with Gasteiger partial charge in [-0.1, -0.05) is 31.0 Å². The number of nitrogens with two attached hydrogens (primary N) is 1. The maximum atomic E-state index is 9.46. The van der Waals surface area contributed by atoms with Gasteiger partial charge in [-0.15, -0.1) is 0 Å². The maximum absolute atomic E-state index is 9.46. The zero-order valence-electron chi connectivity index (χ0n) is 10.5. The lowest BCUT2D eigenvalue weighted by molar-refractivity contribution is 0.445. The van der Waals surface area contributed by atoms with Crippen LogP contribution in [0.3, 0.4) is 0 Å². The van der Waals surface area contributed by atoms with Crippen molar-refractivity contribution in [2.45, 2.75) is 31.7 Å². The molecule has 1 fully saturated rings. The van der Waals surface area contributed by atoms with Gasteiger partial charge in [0, 0.05) is 6.04 Å². The summed E-state index contributed by atoms with van der Waals surface area (Å²) in [6.45, 7) is 0. The minimum absolute atomic E-state index is 0.158. The lowest BCUT2D eigenvalue weighted by atomic mass is 9.91. The van der Waals surface area contributed by atoms with Gasteiger partial charge in [-0.05, 0) is 53.3 Å². The molecule has 0 saturated heterocycles. The molecule has 2 heteroatoms. The molecule has 2 aromatic carbocycles. The molecule has 2 nitrogen and oxygen atoms in total. The number of hydrogen-bond acceptors (Lipinski definition) is 2. The highest BCUT2D eigenvalue weighted by molar-refractivity contribution is 5.84. The number of rotatable bonds is 2. The molecule has 0 aliphatic heterocycles. The zero-order chi connectivity index (χ0) is 12.5. The van der Waals surface area contributed by atoms with Crippen LogP contribution in [0.25, 0.3) is 10.8 Å². The van der Waals surface area contributed by atoms with Gasteiger partial charge in [0.25, 0.3) is 0 Å². The van der Waals surface area contributed by atoms with E-state index in [0.717, 1.165) is 10.8 Å². The van der Waals surface area contributed by atoms with Crippen molar-refractivity contribution in [3.8, 4) is 5.75 Å². The number of phenolic OH excluding ortho intramolecular Hbond substituents is 1. The Morgan fingerprint density at radius 1 is 1.00 bits per heavy atom. The second-order valence-electron chi connectivity index (χ2n) is 5.36. The molecule has 1 aliphatic carbocycles. The fourth-order valence-electron chi connectivity index (χ4n) is 3.05. The predicted octanol–water partition coefficient (Wildman–Crippen LogP) is 3.74. The molecule has 0 amide bonds. The fourth-order valence-corrected chi connectivity index (χ4v) is 3.05. The lowest BCUT2D eigenvalue weighted by Gasteiger charge is -2.19. The third-order valence-corrected chi connectivity index (χ3v) is 4.14. The van der Waals surface area contributed by atoms with Crippen molar-refractivity contribution in [2.75, 3.05) is 0 Å². The molecule has 0 bridgehead atoms. The number of fused-ring (bicyclic) bond motifs is 1. The molecular formula is C16H19NO. The molecule has 1 atom stereocenters. The van der Waals surface area contributed by atoms with Crippen molar-refractivity contribution < 1.29 is 5.11 Å². The van der Waals surface area contributed by atoms with Gasteiger partial charge in [0.1, 0.15) is 5.75 Å². The highest BCUT2D eigenvalue weighted by Gasteiger charge is 2.23. The van der Waals surface area contributed by atoms with E-state index in [1.165, 1.54) is 31.2 Å². The van der Waals surface area contributed by atoms with Crippen LogP contribution in [-0.4, -0.2) is 5.11 Å². The van der Waals surface area contributed by atoms with Gasteiger partial charge in [-0.3, -0.25) is 0 Å². The first-order chi connectivity index (χ1) is 8.74. The van der Waals surface area contributed by atoms with E-state index in [1.807, 2.05) is 6.07 Å². The summed E-state index contributed by atoms with van der Waals surface area (Å²) in [5.41, 5.74) is 7.59. The summed E-state index contributed by atoms with van der Waals surface area (Å²) >= 11 is 0. The molecule has 18 heavy (non-hydrogen) atoms. The molecule has 0 radical (unpaired) electrons. The second kappa shape index (κ2) is 4.62. The average molecular weight is 241 g/mol. The van der Waals surface area contributed by atoms with Crippen LogP contribution in [0.2, 0.25) is 0 Å². The van der Waals surface area contributed by atoms with E-state index in [4.69, 9.17) is 5.73 Å². The van der Waals surface area contributed by atoms with Crippen molar-refractivity contribution in [3.63, 3.8) is 0 Å². The average Bonchev–Trinajstić information content (AvgIpc) is 2.91. The first-order valence-electron chi connectivity index (χ1n) is 6.72. The van der Waals surface area contributed by atoms with Crippen molar-refractivity contribution >= 4 is 10.8 Å². The summed E-state index contributed by atoms with van der Waals surface area (Å²) < 4.78 is 0. The first-order valence-corrected chi connectivity index (χ1v) is 6.72. The molecule has 0 aromatic heterocycles. The summed E-state index contributed by atoms with van der Waals surface area (Å²) in [6, 6.07) is 12.0. The van der Waals surface area contributed by atoms with Gasteiger partial charge in [0.15, 0.2) is 0 Å². The Morgan fingerprint density at radius 2 is 1.67 bits per heavy atom. The van der Waals surface area contributed by atoms with Crippen LogP contribution in [0, 0.1) is 5.92 Å². The van der Waals surface area contributed by atoms with E-state index in [2.05, 4.69) is 18.2 Å². The van der Waals surface area contributed by atoms with Crippen LogP contribution in [-0.2, 0) is 0 Å². The molecule has 3 rings (SSSR count). The predicted molar refractivity (Wildman–Crippen MR) is 74.5 cm³/mol. The van der Waals surface area contributed by atoms with Gasteiger partial charge >= 0.3 is 0 Å². The van der Waals surface area contributed by atoms with Gasteiger partial charge in [-0.25, -0.2) is 0 Å². The van der Waals surface area contributed by atoms with Crippen molar-refractivity contribution in [1.29, 1.82) is 0 Å². The van der Waals surface area contributed by atoms with Crippen molar-refractivity contribution in [3.05, 3.63) is 42.0 Å². The maximum Gasteiger partial charge on any atom is 0.116 e. The molecule has 2 aromatic rings. The lowest BCUT2D eigenvalue weighted by Crippen LogP contribution is -2.18. The Balaban J connectivity index is 1.94. The smallest absolute Gasteiger partial charge is 0.116 e. The quantitative estimate of drug-likeness (QED) is 0.841. The SMILES string of the molecule is N[C@H](c1ccc2cc(O)ccc2c1)C1CCCC1. The van der Waals surface area contributed by atoms with Crippen LogP contribution in [0.15, 0.2) is 36.4 Å². The number of aromatic hydroxyl groups is 1. The van der Waals surface area contributed by atoms with Crippen LogP contribution in [0.1, 0.15) is 37.3 Å². The first kappa shape index (κ1) is 11.5. The van der Waals surface area contributed by atoms with Crippen LogP contribution >= 0.6 is 0 Å². The van der Waals surface area contributed by atoms with Crippen LogP contribution < -0.4 is 5.73 Å². The summed E-state index contributed by atoms with van der Waals surface area (Å²) in [4.78, 5) is 0. The molecule has 0 heterocycles. The Morgan fingerprint density at radius 3 is 2.44 bits per heavy atom. The highest BCUT2D eigenvalue weighted by atomic mass is 16.3. The fraction of sp³-hybridized carbons (Fsp3) is 0.375. The Bertz CT molecular complexity index is 558. The summed E-state index contributed by atoms with van der Waals surface area (Å²) in [7, 11) is 0. The molecule has 94 valence electrons. The third kappa shape index (κ3) is 2.08. The largest absolute Gasteiger partial charge is 0.508 e. The van der Waals surface area contributed by atoms with Gasteiger partial charge in [0.2, 0.25) is 0 Å². The van der Waals surface area contributed by atoms with Gasteiger partial charge in [0.05, 0.1) is 0 Å². The van der Waals surface area contributed by atoms with Crippen molar-refractivity contribution in [1.82, 2.24) is 0 Å². The number of phenols is 1. The third-order valence-electron chi connectivity index (χ3n) is 4.14. The van der Waals surface area contributed by atoms with E-state index < -0.39 is 0 Å². The summed E-state index contributed by atoms with van der Waals surface area (Å²) in [5.74, 6) is 0.954. The Hall–Kier alpha value is -1.54. The molecule has 3 N–H and O–H groups in total. The molecule has 0 spiro atoms. The highest BCUT2D eigenvalue weighted by Crippen LogP contribution is 2.35. The number of benzene rings is 2. The standard InChI is InChI=1S/C16H19NO/c17-16(11-3-1-2-4-11)14-6-5-13-10-15(18)8-7-12(13)9-14/h5-11,16,18H,1-4,17H2/t16-/m0/s1. The van der Waals surface area contributed by atoms with Crippen molar-refractivity contribution in [2.24, 2.45) is 11.7 Å².